The second-order valence-corrected chi connectivity index (χ2v) is 9.32. The molecule has 1 saturated heterocycles. The molecule has 160 valence electrons. The fourth-order valence-corrected chi connectivity index (χ4v) is 4.96. The maximum atomic E-state index is 11.5. The van der Waals surface area contributed by atoms with E-state index >= 15 is 0 Å². The van der Waals surface area contributed by atoms with Crippen LogP contribution in [0.1, 0.15) is 24.1 Å². The number of benzene rings is 1. The highest BCUT2D eigenvalue weighted by Crippen LogP contribution is 2.18. The summed E-state index contributed by atoms with van der Waals surface area (Å²) in [6, 6.07) is 9.46. The van der Waals surface area contributed by atoms with Crippen molar-refractivity contribution in [3.8, 4) is 23.4 Å². The highest BCUT2D eigenvalue weighted by atomic mass is 32.2. The van der Waals surface area contributed by atoms with Gasteiger partial charge in [0.25, 0.3) is 0 Å². The van der Waals surface area contributed by atoms with Crippen molar-refractivity contribution in [2.75, 3.05) is 23.4 Å². The highest BCUT2D eigenvalue weighted by molar-refractivity contribution is 7.85. The molecule has 0 radical (unpaired) electrons. The Bertz CT molecular complexity index is 1330. The molecule has 0 bridgehead atoms. The van der Waals surface area contributed by atoms with E-state index in [-0.39, 0.29) is 0 Å². The molecule has 0 atom stereocenters. The number of hydrogen-bond donors (Lipinski definition) is 2. The Kier molecular flexibility index (Phi) is 5.85. The highest BCUT2D eigenvalue weighted by Gasteiger charge is 2.18. The number of rotatable bonds is 4. The lowest BCUT2D eigenvalue weighted by Crippen LogP contribution is -2.24. The minimum Gasteiger partial charge on any atom is -0.354 e. The SMILES string of the molecule is O=S1CCC(CNc2nccc(-c3nccc(C#Cc4ccc5[nH]ncc5c4)n3)n2)CC1. The second-order valence-electron chi connectivity index (χ2n) is 7.63. The van der Waals surface area contributed by atoms with E-state index in [9.17, 15) is 4.21 Å². The first kappa shape index (κ1) is 20.3. The summed E-state index contributed by atoms with van der Waals surface area (Å²) in [4.78, 5) is 17.8. The summed E-state index contributed by atoms with van der Waals surface area (Å²) >= 11 is 0. The van der Waals surface area contributed by atoms with Gasteiger partial charge in [-0.05, 0) is 55.0 Å². The van der Waals surface area contributed by atoms with Gasteiger partial charge in [-0.2, -0.15) is 5.10 Å². The van der Waals surface area contributed by atoms with E-state index in [0.29, 0.717) is 29.1 Å². The molecule has 9 heteroatoms. The van der Waals surface area contributed by atoms with Crippen LogP contribution in [0.5, 0.6) is 0 Å². The van der Waals surface area contributed by atoms with E-state index < -0.39 is 10.8 Å². The third-order valence-electron chi connectivity index (χ3n) is 5.37. The molecule has 1 fully saturated rings. The minimum absolute atomic E-state index is 0.496. The van der Waals surface area contributed by atoms with Gasteiger partial charge in [0.1, 0.15) is 11.4 Å². The van der Waals surface area contributed by atoms with Gasteiger partial charge in [-0.15, -0.1) is 0 Å². The molecule has 0 aliphatic carbocycles. The summed E-state index contributed by atoms with van der Waals surface area (Å²) in [7, 11) is -0.649. The van der Waals surface area contributed by atoms with E-state index in [0.717, 1.165) is 47.4 Å². The lowest BCUT2D eigenvalue weighted by Gasteiger charge is -2.21. The predicted octanol–water partition coefficient (Wildman–Crippen LogP) is 2.78. The van der Waals surface area contributed by atoms with Crippen LogP contribution in [-0.4, -0.2) is 52.4 Å². The lowest BCUT2D eigenvalue weighted by molar-refractivity contribution is 0.503. The van der Waals surface area contributed by atoms with Crippen molar-refractivity contribution in [3.05, 3.63) is 60.2 Å². The van der Waals surface area contributed by atoms with Crippen molar-refractivity contribution in [2.45, 2.75) is 12.8 Å². The second kappa shape index (κ2) is 9.24. The largest absolute Gasteiger partial charge is 0.354 e. The van der Waals surface area contributed by atoms with Crippen molar-refractivity contribution in [1.29, 1.82) is 0 Å². The van der Waals surface area contributed by atoms with E-state index in [1.54, 1.807) is 30.7 Å². The molecule has 0 unspecified atom stereocenters. The Balaban J connectivity index is 1.30. The number of hydrogen-bond acceptors (Lipinski definition) is 7. The van der Waals surface area contributed by atoms with Gasteiger partial charge in [-0.25, -0.2) is 19.9 Å². The standard InChI is InChI=1S/C23H21N7OS/c31-32-11-7-17(8-12-32)14-26-23-25-10-6-21(29-23)22-24-9-5-19(28-22)3-1-16-2-4-20-18(13-16)15-27-30-20/h2,4-6,9-10,13,15,17H,7-8,11-12,14H2,(H,27,30)(H,25,26,29). The first-order chi connectivity index (χ1) is 15.7. The van der Waals surface area contributed by atoms with E-state index in [1.807, 2.05) is 18.2 Å². The van der Waals surface area contributed by atoms with Crippen LogP contribution >= 0.6 is 0 Å². The number of nitrogens with one attached hydrogen (secondary N) is 2. The zero-order chi connectivity index (χ0) is 21.8. The van der Waals surface area contributed by atoms with Gasteiger partial charge in [-0.1, -0.05) is 5.92 Å². The van der Waals surface area contributed by atoms with Crippen LogP contribution in [0.25, 0.3) is 22.4 Å². The average molecular weight is 444 g/mol. The molecule has 1 aliphatic heterocycles. The third kappa shape index (κ3) is 4.81. The predicted molar refractivity (Wildman–Crippen MR) is 124 cm³/mol. The van der Waals surface area contributed by atoms with Crippen LogP contribution in [-0.2, 0) is 10.8 Å². The molecule has 0 saturated carbocycles. The molecule has 32 heavy (non-hydrogen) atoms. The van der Waals surface area contributed by atoms with Crippen LogP contribution < -0.4 is 5.32 Å². The lowest BCUT2D eigenvalue weighted by atomic mass is 10.0. The fourth-order valence-electron chi connectivity index (χ4n) is 3.56. The Hall–Kier alpha value is -3.64. The molecule has 1 aromatic carbocycles. The van der Waals surface area contributed by atoms with Gasteiger partial charge in [0.15, 0.2) is 5.82 Å². The van der Waals surface area contributed by atoms with E-state index in [1.165, 1.54) is 0 Å². The number of anilines is 1. The Morgan fingerprint density at radius 1 is 1.06 bits per heavy atom. The normalized spacial score (nSPS) is 18.1. The van der Waals surface area contributed by atoms with Crippen molar-refractivity contribution in [3.63, 3.8) is 0 Å². The maximum absolute atomic E-state index is 11.5. The molecule has 0 amide bonds. The van der Waals surface area contributed by atoms with Gasteiger partial charge in [-0.3, -0.25) is 9.31 Å². The topological polar surface area (TPSA) is 109 Å². The summed E-state index contributed by atoms with van der Waals surface area (Å²) in [6.45, 7) is 0.772. The molecule has 3 aromatic heterocycles. The maximum Gasteiger partial charge on any atom is 0.223 e. The number of aromatic amines is 1. The van der Waals surface area contributed by atoms with Gasteiger partial charge < -0.3 is 5.32 Å². The Morgan fingerprint density at radius 2 is 1.94 bits per heavy atom. The summed E-state index contributed by atoms with van der Waals surface area (Å²) < 4.78 is 11.5. The van der Waals surface area contributed by atoms with E-state index in [2.05, 4.69) is 47.3 Å². The average Bonchev–Trinajstić information content (AvgIpc) is 3.31. The van der Waals surface area contributed by atoms with Crippen molar-refractivity contribution >= 4 is 27.7 Å². The van der Waals surface area contributed by atoms with Gasteiger partial charge in [0.2, 0.25) is 5.95 Å². The molecular weight excluding hydrogens is 422 g/mol. The van der Waals surface area contributed by atoms with Crippen LogP contribution in [0.2, 0.25) is 0 Å². The van der Waals surface area contributed by atoms with Crippen molar-refractivity contribution in [1.82, 2.24) is 30.1 Å². The molecule has 2 N–H and O–H groups in total. The third-order valence-corrected chi connectivity index (χ3v) is 6.75. The van der Waals surface area contributed by atoms with E-state index in [4.69, 9.17) is 0 Å². The van der Waals surface area contributed by atoms with Crippen molar-refractivity contribution in [2.24, 2.45) is 5.92 Å². The summed E-state index contributed by atoms with van der Waals surface area (Å²) in [5.41, 5.74) is 3.12. The van der Waals surface area contributed by atoms with Crippen LogP contribution in [0, 0.1) is 17.8 Å². The van der Waals surface area contributed by atoms with Crippen LogP contribution in [0.15, 0.2) is 48.9 Å². The van der Waals surface area contributed by atoms with Gasteiger partial charge >= 0.3 is 0 Å². The molecule has 5 rings (SSSR count). The fraction of sp³-hybridized carbons (Fsp3) is 0.261. The smallest absolute Gasteiger partial charge is 0.223 e. The zero-order valence-corrected chi connectivity index (χ0v) is 18.1. The monoisotopic (exact) mass is 443 g/mol. The summed E-state index contributed by atoms with van der Waals surface area (Å²) in [5, 5.41) is 11.3. The molecule has 4 aromatic rings. The Labute approximate surface area is 187 Å². The first-order valence-electron chi connectivity index (χ1n) is 10.4. The van der Waals surface area contributed by atoms with Gasteiger partial charge in [0, 0.05) is 52.2 Å². The summed E-state index contributed by atoms with van der Waals surface area (Å²) in [5.74, 6) is 9.35. The molecular formula is C23H21N7OS. The molecule has 8 nitrogen and oxygen atoms in total. The van der Waals surface area contributed by atoms with Gasteiger partial charge in [0.05, 0.1) is 11.7 Å². The number of H-pyrrole nitrogens is 1. The summed E-state index contributed by atoms with van der Waals surface area (Å²) in [6.07, 6.45) is 7.10. The van der Waals surface area contributed by atoms with Crippen LogP contribution in [0.4, 0.5) is 5.95 Å². The molecule has 1 aliphatic rings. The minimum atomic E-state index is -0.649. The van der Waals surface area contributed by atoms with Crippen molar-refractivity contribution < 1.29 is 4.21 Å². The molecule has 4 heterocycles. The molecule has 0 spiro atoms. The zero-order valence-electron chi connectivity index (χ0n) is 17.3. The Morgan fingerprint density at radius 3 is 2.84 bits per heavy atom. The quantitative estimate of drug-likeness (QED) is 0.467. The number of aromatic nitrogens is 6. The van der Waals surface area contributed by atoms with Crippen LogP contribution in [0.3, 0.4) is 0 Å². The first-order valence-corrected chi connectivity index (χ1v) is 11.9. The number of fused-ring (bicyclic) bond motifs is 1. The number of nitrogens with zero attached hydrogens (tertiary/aromatic N) is 5.